The Kier molecular flexibility index (Phi) is 5.79. The van der Waals surface area contributed by atoms with Crippen molar-refractivity contribution < 1.29 is 23.1 Å². The number of hydrogen-bond donors (Lipinski definition) is 0. The molecule has 1 saturated heterocycles. The molecule has 0 atom stereocenters. The Hall–Kier alpha value is -3.89. The number of hydrogen-bond acceptors (Lipinski definition) is 6. The Balaban J connectivity index is 1.51. The van der Waals surface area contributed by atoms with Crippen LogP contribution in [0.1, 0.15) is 35.0 Å². The number of pyridine rings is 1. The van der Waals surface area contributed by atoms with Crippen molar-refractivity contribution in [3.8, 4) is 11.6 Å². The molecule has 33 heavy (non-hydrogen) atoms. The lowest BCUT2D eigenvalue weighted by atomic mass is 9.98. The molecular weight excluding hydrogens is 434 g/mol. The molecule has 1 aliphatic heterocycles. The number of carbonyl (C=O) groups excluding carboxylic acids is 2. The van der Waals surface area contributed by atoms with Crippen molar-refractivity contribution in [2.45, 2.75) is 19.4 Å². The molecule has 3 heterocycles. The number of aromatic nitrogens is 4. The van der Waals surface area contributed by atoms with Gasteiger partial charge >= 0.3 is 0 Å². The van der Waals surface area contributed by atoms with Crippen LogP contribution in [-0.4, -0.2) is 73.6 Å². The summed E-state index contributed by atoms with van der Waals surface area (Å²) < 4.78 is 33.7. The van der Waals surface area contributed by atoms with Crippen molar-refractivity contribution in [2.75, 3.05) is 26.7 Å². The number of halogens is 2. The van der Waals surface area contributed by atoms with E-state index in [2.05, 4.69) is 15.1 Å². The second kappa shape index (κ2) is 8.57. The van der Waals surface area contributed by atoms with Crippen LogP contribution in [0.5, 0.6) is 5.88 Å². The molecule has 172 valence electrons. The van der Waals surface area contributed by atoms with Gasteiger partial charge in [0.2, 0.25) is 11.7 Å². The third kappa shape index (κ3) is 4.38. The monoisotopic (exact) mass is 456 g/mol. The molecule has 0 N–H and O–H groups in total. The van der Waals surface area contributed by atoms with Gasteiger partial charge in [-0.3, -0.25) is 9.59 Å². The van der Waals surface area contributed by atoms with E-state index in [-0.39, 0.29) is 42.7 Å². The van der Waals surface area contributed by atoms with Crippen molar-refractivity contribution in [3.05, 3.63) is 65.9 Å². The van der Waals surface area contributed by atoms with E-state index in [9.17, 15) is 18.4 Å². The quantitative estimate of drug-likeness (QED) is 0.598. The SMILES string of the molecule is COc1cccc(C(=O)N2CCN(C(=O)c3ncn(-c4cc(F)ccc4F)n3)C(C)(C)C2)n1. The summed E-state index contributed by atoms with van der Waals surface area (Å²) in [5, 5.41) is 4.05. The van der Waals surface area contributed by atoms with Gasteiger partial charge in [-0.15, -0.1) is 5.10 Å². The Morgan fingerprint density at radius 2 is 1.88 bits per heavy atom. The maximum absolute atomic E-state index is 14.0. The van der Waals surface area contributed by atoms with Crippen molar-refractivity contribution >= 4 is 11.8 Å². The summed E-state index contributed by atoms with van der Waals surface area (Å²) in [6.45, 7) is 4.44. The minimum atomic E-state index is -0.737. The van der Waals surface area contributed by atoms with Crippen LogP contribution in [0.4, 0.5) is 8.78 Å². The van der Waals surface area contributed by atoms with Crippen LogP contribution in [0.15, 0.2) is 42.7 Å². The van der Waals surface area contributed by atoms with Gasteiger partial charge in [0.25, 0.3) is 11.8 Å². The van der Waals surface area contributed by atoms with Crippen LogP contribution in [0.25, 0.3) is 5.69 Å². The van der Waals surface area contributed by atoms with Gasteiger partial charge in [0, 0.05) is 31.8 Å². The lowest BCUT2D eigenvalue weighted by Crippen LogP contribution is -2.62. The van der Waals surface area contributed by atoms with Crippen LogP contribution >= 0.6 is 0 Å². The Labute approximate surface area is 188 Å². The lowest BCUT2D eigenvalue weighted by Gasteiger charge is -2.46. The molecule has 1 aliphatic rings. The van der Waals surface area contributed by atoms with Gasteiger partial charge in [-0.1, -0.05) is 6.07 Å². The van der Waals surface area contributed by atoms with Crippen molar-refractivity contribution in [1.29, 1.82) is 0 Å². The zero-order valence-corrected chi connectivity index (χ0v) is 18.3. The number of ether oxygens (including phenoxy) is 1. The molecule has 3 aromatic rings. The summed E-state index contributed by atoms with van der Waals surface area (Å²) >= 11 is 0. The molecule has 0 spiro atoms. The molecule has 0 aliphatic carbocycles. The number of methoxy groups -OCH3 is 1. The highest BCUT2D eigenvalue weighted by atomic mass is 19.1. The zero-order valence-electron chi connectivity index (χ0n) is 18.3. The first-order valence-corrected chi connectivity index (χ1v) is 10.2. The minimum Gasteiger partial charge on any atom is -0.481 e. The summed E-state index contributed by atoms with van der Waals surface area (Å²) in [5.74, 6) is -1.88. The van der Waals surface area contributed by atoms with Crippen LogP contribution in [0.3, 0.4) is 0 Å². The summed E-state index contributed by atoms with van der Waals surface area (Å²) in [7, 11) is 1.47. The molecule has 0 unspecified atom stereocenters. The van der Waals surface area contributed by atoms with Gasteiger partial charge in [-0.25, -0.2) is 23.4 Å². The Morgan fingerprint density at radius 1 is 1.09 bits per heavy atom. The van der Waals surface area contributed by atoms with E-state index in [0.29, 0.717) is 5.88 Å². The Bertz CT molecular complexity index is 1210. The van der Waals surface area contributed by atoms with Crippen molar-refractivity contribution in [3.63, 3.8) is 0 Å². The molecule has 9 nitrogen and oxygen atoms in total. The van der Waals surface area contributed by atoms with Gasteiger partial charge in [-0.2, -0.15) is 0 Å². The summed E-state index contributed by atoms with van der Waals surface area (Å²) in [4.78, 5) is 37.4. The maximum atomic E-state index is 14.0. The summed E-state index contributed by atoms with van der Waals surface area (Å²) in [5.41, 5.74) is -0.635. The molecule has 11 heteroatoms. The van der Waals surface area contributed by atoms with E-state index in [1.807, 2.05) is 13.8 Å². The first-order chi connectivity index (χ1) is 15.7. The maximum Gasteiger partial charge on any atom is 0.294 e. The van der Waals surface area contributed by atoms with Crippen molar-refractivity contribution in [1.82, 2.24) is 29.5 Å². The predicted octanol–water partition coefficient (Wildman–Crippen LogP) is 2.33. The highest BCUT2D eigenvalue weighted by Gasteiger charge is 2.40. The van der Waals surface area contributed by atoms with E-state index in [0.717, 1.165) is 29.2 Å². The Morgan fingerprint density at radius 3 is 2.61 bits per heavy atom. The molecule has 1 fully saturated rings. The molecular formula is C22H22F2N6O3. The first kappa shape index (κ1) is 22.3. The van der Waals surface area contributed by atoms with Gasteiger partial charge in [0.05, 0.1) is 12.6 Å². The van der Waals surface area contributed by atoms with Crippen LogP contribution in [-0.2, 0) is 0 Å². The molecule has 1 aromatic carbocycles. The average molecular weight is 456 g/mol. The van der Waals surface area contributed by atoms with E-state index >= 15 is 0 Å². The fraction of sp³-hybridized carbons (Fsp3) is 0.318. The van der Waals surface area contributed by atoms with Crippen LogP contribution in [0.2, 0.25) is 0 Å². The number of piperazine rings is 1. The largest absolute Gasteiger partial charge is 0.481 e. The third-order valence-corrected chi connectivity index (χ3v) is 5.42. The van der Waals surface area contributed by atoms with Crippen LogP contribution < -0.4 is 4.74 Å². The van der Waals surface area contributed by atoms with E-state index in [4.69, 9.17) is 4.74 Å². The van der Waals surface area contributed by atoms with E-state index < -0.39 is 23.1 Å². The second-order valence-electron chi connectivity index (χ2n) is 8.17. The zero-order chi connectivity index (χ0) is 23.8. The smallest absolute Gasteiger partial charge is 0.294 e. The van der Waals surface area contributed by atoms with Gasteiger partial charge in [0.15, 0.2) is 0 Å². The fourth-order valence-electron chi connectivity index (χ4n) is 3.77. The summed E-state index contributed by atoms with van der Waals surface area (Å²) in [6.07, 6.45) is 1.16. The molecule has 0 saturated carbocycles. The average Bonchev–Trinajstić information content (AvgIpc) is 3.29. The van der Waals surface area contributed by atoms with E-state index in [1.165, 1.54) is 7.11 Å². The standard InChI is InChI=1S/C22H22F2N6O3/c1-22(2)12-28(20(31)16-5-4-6-18(26-16)33-3)9-10-29(22)21(32)19-25-13-30(27-19)17-11-14(23)7-8-15(17)24/h4-8,11,13H,9-10,12H2,1-3H3. The van der Waals surface area contributed by atoms with Gasteiger partial charge in [0.1, 0.15) is 29.3 Å². The summed E-state index contributed by atoms with van der Waals surface area (Å²) in [6, 6.07) is 7.89. The topological polar surface area (TPSA) is 93.5 Å². The number of nitrogens with zero attached hydrogens (tertiary/aromatic N) is 6. The highest BCUT2D eigenvalue weighted by molar-refractivity contribution is 5.94. The first-order valence-electron chi connectivity index (χ1n) is 10.2. The normalized spacial score (nSPS) is 15.4. The molecule has 0 radical (unpaired) electrons. The van der Waals surface area contributed by atoms with Gasteiger partial charge in [-0.05, 0) is 32.0 Å². The van der Waals surface area contributed by atoms with Gasteiger partial charge < -0.3 is 14.5 Å². The minimum absolute atomic E-state index is 0.151. The van der Waals surface area contributed by atoms with Crippen LogP contribution in [0, 0.1) is 11.6 Å². The third-order valence-electron chi connectivity index (χ3n) is 5.42. The molecule has 2 aromatic heterocycles. The number of benzene rings is 1. The van der Waals surface area contributed by atoms with Crippen molar-refractivity contribution in [2.24, 2.45) is 0 Å². The number of amides is 2. The number of carbonyl (C=O) groups is 2. The molecule has 4 rings (SSSR count). The molecule has 0 bridgehead atoms. The lowest BCUT2D eigenvalue weighted by molar-refractivity contribution is 0.0158. The predicted molar refractivity (Wildman–Crippen MR) is 113 cm³/mol. The fourth-order valence-corrected chi connectivity index (χ4v) is 3.77. The molecule has 2 amide bonds. The second-order valence-corrected chi connectivity index (χ2v) is 8.17. The number of rotatable bonds is 4. The van der Waals surface area contributed by atoms with E-state index in [1.54, 1.807) is 28.0 Å². The highest BCUT2D eigenvalue weighted by Crippen LogP contribution is 2.24.